The van der Waals surface area contributed by atoms with Crippen LogP contribution in [-0.2, 0) is 17.6 Å². The minimum Gasteiger partial charge on any atom is -0.489 e. The lowest BCUT2D eigenvalue weighted by molar-refractivity contribution is -0.142. The molecule has 188 valence electrons. The van der Waals surface area contributed by atoms with E-state index in [1.807, 2.05) is 30.9 Å². The van der Waals surface area contributed by atoms with Crippen molar-refractivity contribution in [2.24, 2.45) is 5.92 Å². The molecule has 4 heterocycles. The number of nitrogens with one attached hydrogen (secondary N) is 2. The van der Waals surface area contributed by atoms with Crippen LogP contribution in [0.4, 0.5) is 11.5 Å². The number of likely N-dealkylation sites (N-methyl/N-ethyl adjacent to an activating group) is 1. The first-order valence-corrected chi connectivity index (χ1v) is 13.3. The number of carbonyl (C=O) groups is 1. The van der Waals surface area contributed by atoms with Crippen LogP contribution in [0.5, 0.6) is 5.75 Å². The first kappa shape index (κ1) is 23.2. The van der Waals surface area contributed by atoms with Gasteiger partial charge in [-0.05, 0) is 58.8 Å². The lowest BCUT2D eigenvalue weighted by atomic mass is 9.86. The smallest absolute Gasteiger partial charge is 0.226 e. The molecule has 6 rings (SSSR count). The molecule has 9 nitrogen and oxygen atoms in total. The lowest BCUT2D eigenvalue weighted by Crippen LogP contribution is -2.60. The van der Waals surface area contributed by atoms with Gasteiger partial charge in [-0.3, -0.25) is 9.89 Å². The largest absolute Gasteiger partial charge is 0.489 e. The van der Waals surface area contributed by atoms with Crippen LogP contribution in [-0.4, -0.2) is 75.2 Å². The molecule has 0 bridgehead atoms. The third-order valence-electron chi connectivity index (χ3n) is 7.25. The average molecular weight is 506 g/mol. The number of ether oxygens (including phenoxy) is 1. The number of likely N-dealkylation sites (tertiary alicyclic amines) is 1. The Kier molecular flexibility index (Phi) is 5.80. The Morgan fingerprint density at radius 3 is 2.89 bits per heavy atom. The van der Waals surface area contributed by atoms with Crippen molar-refractivity contribution in [3.63, 3.8) is 0 Å². The zero-order valence-corrected chi connectivity index (χ0v) is 21.9. The summed E-state index contributed by atoms with van der Waals surface area (Å²) in [5.41, 5.74) is 3.04. The van der Waals surface area contributed by atoms with E-state index in [4.69, 9.17) is 4.74 Å². The van der Waals surface area contributed by atoms with Crippen molar-refractivity contribution in [3.8, 4) is 5.75 Å². The van der Waals surface area contributed by atoms with Gasteiger partial charge in [0.2, 0.25) is 5.91 Å². The monoisotopic (exact) mass is 505 g/mol. The Morgan fingerprint density at radius 2 is 2.11 bits per heavy atom. The zero-order chi connectivity index (χ0) is 25.0. The number of H-pyrrole nitrogens is 1. The third kappa shape index (κ3) is 4.08. The summed E-state index contributed by atoms with van der Waals surface area (Å²) < 4.78 is 6.11. The molecule has 4 aromatic rings. The molecule has 36 heavy (non-hydrogen) atoms. The standard InChI is InChI=1S/C26H31N7O2S/c1-14(2)35-21-9-19-16(10-29-31-19)7-20(21)30-24-23-18-6-5-15(8-22(18)36-25(23)28-13-27-24)26(34)33-11-17(12-33)32(3)4/h7,9-10,13-15,17H,5-6,8,11-12H2,1-4H3,(H,29,31)(H,27,28,30)/t15-/m0/s1. The molecular weight excluding hydrogens is 474 g/mol. The number of aryl methyl sites for hydroxylation is 1. The van der Waals surface area contributed by atoms with Gasteiger partial charge in [0.25, 0.3) is 0 Å². The van der Waals surface area contributed by atoms with Gasteiger partial charge in [-0.1, -0.05) is 0 Å². The van der Waals surface area contributed by atoms with Crippen LogP contribution < -0.4 is 10.1 Å². The minimum absolute atomic E-state index is 0.0270. The molecule has 3 aromatic heterocycles. The highest BCUT2D eigenvalue weighted by Crippen LogP contribution is 2.42. The summed E-state index contributed by atoms with van der Waals surface area (Å²) in [7, 11) is 4.16. The van der Waals surface area contributed by atoms with Gasteiger partial charge in [0.1, 0.15) is 22.7 Å². The number of nitrogens with zero attached hydrogens (tertiary/aromatic N) is 5. The normalized spacial score (nSPS) is 18.2. The number of hydrogen-bond acceptors (Lipinski definition) is 8. The number of rotatable bonds is 6. The summed E-state index contributed by atoms with van der Waals surface area (Å²) in [6.07, 6.45) is 5.93. The Morgan fingerprint density at radius 1 is 1.28 bits per heavy atom. The van der Waals surface area contributed by atoms with Crippen molar-refractivity contribution in [2.45, 2.75) is 45.3 Å². The highest BCUT2D eigenvalue weighted by atomic mass is 32.1. The number of benzene rings is 1. The predicted octanol–water partition coefficient (Wildman–Crippen LogP) is 3.98. The first-order valence-electron chi connectivity index (χ1n) is 12.5. The number of carbonyl (C=O) groups excluding carboxylic acids is 1. The topological polar surface area (TPSA) is 99.3 Å². The van der Waals surface area contributed by atoms with E-state index >= 15 is 0 Å². The van der Waals surface area contributed by atoms with E-state index in [2.05, 4.69) is 44.5 Å². The molecule has 0 radical (unpaired) electrons. The van der Waals surface area contributed by atoms with Gasteiger partial charge in [0.05, 0.1) is 28.9 Å². The molecule has 0 spiro atoms. The summed E-state index contributed by atoms with van der Waals surface area (Å²) in [6.45, 7) is 5.70. The van der Waals surface area contributed by atoms with Gasteiger partial charge in [0, 0.05) is 41.4 Å². The number of hydrogen-bond donors (Lipinski definition) is 2. The summed E-state index contributed by atoms with van der Waals surface area (Å²) in [5, 5.41) is 12.8. The number of aromatic amines is 1. The SMILES string of the molecule is CC(C)Oc1cc2[nH]ncc2cc1Nc1ncnc2sc3c(c12)CC[C@H](C(=O)N1CC(N(C)C)C1)C3. The lowest BCUT2D eigenvalue weighted by Gasteiger charge is -2.44. The molecule has 1 aliphatic heterocycles. The molecule has 0 saturated carbocycles. The fourth-order valence-corrected chi connectivity index (χ4v) is 6.45. The number of thiophene rings is 1. The number of fused-ring (bicyclic) bond motifs is 4. The molecular formula is C26H31N7O2S. The van der Waals surface area contributed by atoms with Crippen LogP contribution in [0.25, 0.3) is 21.1 Å². The van der Waals surface area contributed by atoms with Crippen molar-refractivity contribution in [1.82, 2.24) is 30.0 Å². The maximum atomic E-state index is 13.1. The molecule has 1 aliphatic carbocycles. The van der Waals surface area contributed by atoms with Gasteiger partial charge in [-0.15, -0.1) is 11.3 Å². The second-order valence-corrected chi connectivity index (χ2v) is 11.4. The van der Waals surface area contributed by atoms with Gasteiger partial charge < -0.3 is 19.9 Å². The third-order valence-corrected chi connectivity index (χ3v) is 8.42. The van der Waals surface area contributed by atoms with E-state index in [1.54, 1.807) is 23.9 Å². The van der Waals surface area contributed by atoms with Crippen molar-refractivity contribution >= 4 is 49.9 Å². The van der Waals surface area contributed by atoms with E-state index in [9.17, 15) is 4.79 Å². The highest BCUT2D eigenvalue weighted by molar-refractivity contribution is 7.19. The van der Waals surface area contributed by atoms with E-state index < -0.39 is 0 Å². The summed E-state index contributed by atoms with van der Waals surface area (Å²) in [5.74, 6) is 1.86. The zero-order valence-electron chi connectivity index (χ0n) is 21.0. The van der Waals surface area contributed by atoms with Crippen molar-refractivity contribution in [3.05, 3.63) is 35.1 Å². The average Bonchev–Trinajstić information content (AvgIpc) is 3.41. The molecule has 1 fully saturated rings. The van der Waals surface area contributed by atoms with Crippen LogP contribution in [0.2, 0.25) is 0 Å². The fourth-order valence-electron chi connectivity index (χ4n) is 5.18. The molecule has 1 atom stereocenters. The van der Waals surface area contributed by atoms with E-state index in [-0.39, 0.29) is 12.0 Å². The second kappa shape index (κ2) is 9.01. The second-order valence-electron chi connectivity index (χ2n) is 10.3. The van der Waals surface area contributed by atoms with E-state index in [1.165, 1.54) is 10.4 Å². The van der Waals surface area contributed by atoms with Crippen molar-refractivity contribution < 1.29 is 9.53 Å². The van der Waals surface area contributed by atoms with Crippen molar-refractivity contribution in [1.29, 1.82) is 0 Å². The molecule has 2 aliphatic rings. The molecule has 1 amide bonds. The maximum Gasteiger partial charge on any atom is 0.226 e. The van der Waals surface area contributed by atoms with Crippen LogP contribution in [0.15, 0.2) is 24.7 Å². The molecule has 0 unspecified atom stereocenters. The molecule has 10 heteroatoms. The minimum atomic E-state index is 0.0270. The Balaban J connectivity index is 1.29. The van der Waals surface area contributed by atoms with Crippen molar-refractivity contribution in [2.75, 3.05) is 32.5 Å². The van der Waals surface area contributed by atoms with Gasteiger partial charge in [-0.2, -0.15) is 5.10 Å². The molecule has 1 saturated heterocycles. The predicted molar refractivity (Wildman–Crippen MR) is 142 cm³/mol. The van der Waals surface area contributed by atoms with E-state index in [0.29, 0.717) is 11.9 Å². The van der Waals surface area contributed by atoms with Crippen LogP contribution >= 0.6 is 11.3 Å². The Hall–Kier alpha value is -3.24. The van der Waals surface area contributed by atoms with Crippen LogP contribution in [0.1, 0.15) is 30.7 Å². The first-order chi connectivity index (χ1) is 17.4. The van der Waals surface area contributed by atoms with Gasteiger partial charge in [-0.25, -0.2) is 9.97 Å². The van der Waals surface area contributed by atoms with E-state index in [0.717, 1.165) is 70.7 Å². The number of aromatic nitrogens is 4. The quantitative estimate of drug-likeness (QED) is 0.409. The fraction of sp³-hybridized carbons (Fsp3) is 0.462. The number of anilines is 2. The highest BCUT2D eigenvalue weighted by Gasteiger charge is 2.37. The summed E-state index contributed by atoms with van der Waals surface area (Å²) >= 11 is 1.69. The van der Waals surface area contributed by atoms with Gasteiger partial charge >= 0.3 is 0 Å². The summed E-state index contributed by atoms with van der Waals surface area (Å²) in [6, 6.07) is 4.48. The van der Waals surface area contributed by atoms with Gasteiger partial charge in [0.15, 0.2) is 0 Å². The Labute approximate surface area is 213 Å². The number of amides is 1. The summed E-state index contributed by atoms with van der Waals surface area (Å²) in [4.78, 5) is 28.8. The molecule has 1 aromatic carbocycles. The molecule has 2 N–H and O–H groups in total. The van der Waals surface area contributed by atoms with Crippen LogP contribution in [0, 0.1) is 5.92 Å². The van der Waals surface area contributed by atoms with Crippen LogP contribution in [0.3, 0.4) is 0 Å². The maximum absolute atomic E-state index is 13.1. The Bertz CT molecular complexity index is 1440.